The van der Waals surface area contributed by atoms with Crippen LogP contribution in [0.3, 0.4) is 0 Å². The van der Waals surface area contributed by atoms with E-state index in [1.807, 2.05) is 6.20 Å². The van der Waals surface area contributed by atoms with Gasteiger partial charge in [0.2, 0.25) is 0 Å². The Bertz CT molecular complexity index is 1260. The molecular weight excluding hydrogens is 441 g/mol. The van der Waals surface area contributed by atoms with Crippen LogP contribution in [0.25, 0.3) is 11.0 Å². The summed E-state index contributed by atoms with van der Waals surface area (Å²) in [6.45, 7) is 3.53. The largest absolute Gasteiger partial charge is 0.480 e. The molecule has 3 aliphatic heterocycles. The van der Waals surface area contributed by atoms with Crippen LogP contribution in [0.15, 0.2) is 40.3 Å². The van der Waals surface area contributed by atoms with Crippen LogP contribution in [-0.4, -0.2) is 51.0 Å². The summed E-state index contributed by atoms with van der Waals surface area (Å²) in [5, 5.41) is 3.65. The molecule has 3 aromatic rings. The van der Waals surface area contributed by atoms with E-state index in [9.17, 15) is 9.18 Å². The van der Waals surface area contributed by atoms with Crippen LogP contribution < -0.4 is 15.6 Å². The lowest BCUT2D eigenvalue weighted by Gasteiger charge is -2.36. The number of ether oxygens (including phenoxy) is 1. The van der Waals surface area contributed by atoms with Gasteiger partial charge in [0, 0.05) is 30.8 Å². The van der Waals surface area contributed by atoms with E-state index in [1.165, 1.54) is 11.1 Å². The summed E-state index contributed by atoms with van der Waals surface area (Å²) >= 11 is 1.71. The zero-order valence-electron chi connectivity index (χ0n) is 18.3. The SMILES string of the molecule is O=c1ccc2ncc(F)c3c2n1C(CN1CCC(NCc2cc4c(cn2)OCS4)CC1)CC3. The smallest absolute Gasteiger partial charge is 0.251 e. The van der Waals surface area contributed by atoms with Gasteiger partial charge in [-0.3, -0.25) is 14.8 Å². The number of piperidine rings is 1. The molecule has 0 amide bonds. The minimum atomic E-state index is -0.309. The summed E-state index contributed by atoms with van der Waals surface area (Å²) in [6.07, 6.45) is 6.63. The number of aryl methyl sites for hydroxylation is 1. The van der Waals surface area contributed by atoms with E-state index in [-0.39, 0.29) is 17.4 Å². The maximum Gasteiger partial charge on any atom is 0.251 e. The Kier molecular flexibility index (Phi) is 5.55. The molecule has 0 spiro atoms. The number of aromatic nitrogens is 3. The van der Waals surface area contributed by atoms with E-state index >= 15 is 0 Å². The van der Waals surface area contributed by atoms with Crippen molar-refractivity contribution in [1.82, 2.24) is 24.8 Å². The third-order valence-electron chi connectivity index (χ3n) is 7.03. The van der Waals surface area contributed by atoms with Gasteiger partial charge in [0.25, 0.3) is 5.56 Å². The van der Waals surface area contributed by atoms with E-state index in [0.29, 0.717) is 35.0 Å². The Morgan fingerprint density at radius 3 is 2.94 bits per heavy atom. The molecule has 33 heavy (non-hydrogen) atoms. The number of nitrogens with zero attached hydrogens (tertiary/aromatic N) is 4. The molecule has 0 bridgehead atoms. The zero-order valence-corrected chi connectivity index (χ0v) is 19.1. The molecule has 1 atom stereocenters. The second-order valence-corrected chi connectivity index (χ2v) is 10.0. The number of rotatable bonds is 5. The van der Waals surface area contributed by atoms with Crippen LogP contribution in [-0.2, 0) is 13.0 Å². The number of thioether (sulfide) groups is 1. The first-order valence-corrected chi connectivity index (χ1v) is 12.5. The number of fused-ring (bicyclic) bond motifs is 1. The van der Waals surface area contributed by atoms with Gasteiger partial charge in [-0.15, -0.1) is 0 Å². The van der Waals surface area contributed by atoms with Crippen molar-refractivity contribution in [2.75, 3.05) is 25.6 Å². The van der Waals surface area contributed by atoms with Crippen molar-refractivity contribution >= 4 is 22.8 Å². The molecule has 3 aliphatic rings. The molecule has 172 valence electrons. The third kappa shape index (κ3) is 4.02. The summed E-state index contributed by atoms with van der Waals surface area (Å²) in [6, 6.07) is 5.89. The molecule has 6 heterocycles. The topological polar surface area (TPSA) is 72.3 Å². The molecule has 0 aliphatic carbocycles. The van der Waals surface area contributed by atoms with Crippen molar-refractivity contribution < 1.29 is 9.13 Å². The number of hydrogen-bond acceptors (Lipinski definition) is 7. The van der Waals surface area contributed by atoms with Crippen molar-refractivity contribution in [2.24, 2.45) is 0 Å². The van der Waals surface area contributed by atoms with Gasteiger partial charge in [-0.05, 0) is 50.9 Å². The highest BCUT2D eigenvalue weighted by molar-refractivity contribution is 7.99. The fourth-order valence-corrected chi connectivity index (χ4v) is 6.07. The lowest BCUT2D eigenvalue weighted by Crippen LogP contribution is -2.45. The van der Waals surface area contributed by atoms with Crippen LogP contribution in [0.1, 0.15) is 36.6 Å². The predicted molar refractivity (Wildman–Crippen MR) is 125 cm³/mol. The first kappa shape index (κ1) is 21.1. The Labute approximate surface area is 195 Å². The van der Waals surface area contributed by atoms with E-state index in [4.69, 9.17) is 4.74 Å². The van der Waals surface area contributed by atoms with Gasteiger partial charge in [0.1, 0.15) is 11.8 Å². The van der Waals surface area contributed by atoms with Crippen LogP contribution in [0.2, 0.25) is 0 Å². The molecule has 1 fully saturated rings. The van der Waals surface area contributed by atoms with E-state index in [0.717, 1.165) is 56.9 Å². The summed E-state index contributed by atoms with van der Waals surface area (Å²) in [5.74, 6) is 1.25. The minimum absolute atomic E-state index is 0.0529. The quantitative estimate of drug-likeness (QED) is 0.618. The number of hydrogen-bond donors (Lipinski definition) is 1. The molecule has 6 rings (SSSR count). The Morgan fingerprint density at radius 1 is 1.18 bits per heavy atom. The molecule has 1 unspecified atom stereocenters. The molecule has 3 aromatic heterocycles. The third-order valence-corrected chi connectivity index (χ3v) is 7.90. The number of halogens is 1. The molecule has 9 heteroatoms. The first-order chi connectivity index (χ1) is 16.2. The van der Waals surface area contributed by atoms with Gasteiger partial charge in [-0.1, -0.05) is 11.8 Å². The van der Waals surface area contributed by atoms with Crippen LogP contribution in [0, 0.1) is 5.82 Å². The van der Waals surface area contributed by atoms with Gasteiger partial charge in [-0.2, -0.15) is 0 Å². The van der Waals surface area contributed by atoms with Gasteiger partial charge < -0.3 is 19.5 Å². The second-order valence-electron chi connectivity index (χ2n) is 9.04. The molecule has 1 N–H and O–H groups in total. The van der Waals surface area contributed by atoms with Crippen molar-refractivity contribution in [2.45, 2.75) is 49.2 Å². The van der Waals surface area contributed by atoms with Crippen molar-refractivity contribution in [3.63, 3.8) is 0 Å². The number of nitrogens with one attached hydrogen (secondary N) is 1. The van der Waals surface area contributed by atoms with Crippen molar-refractivity contribution in [3.05, 3.63) is 58.0 Å². The molecular formula is C24H26FN5O2S. The van der Waals surface area contributed by atoms with E-state index in [1.54, 1.807) is 28.5 Å². The van der Waals surface area contributed by atoms with E-state index in [2.05, 4.69) is 26.3 Å². The fourth-order valence-electron chi connectivity index (χ4n) is 5.28. The molecule has 1 saturated heterocycles. The predicted octanol–water partition coefficient (Wildman–Crippen LogP) is 3.11. The van der Waals surface area contributed by atoms with Crippen molar-refractivity contribution in [1.29, 1.82) is 0 Å². The second kappa shape index (κ2) is 8.70. The lowest BCUT2D eigenvalue weighted by atomic mass is 9.96. The highest BCUT2D eigenvalue weighted by Gasteiger charge is 2.28. The van der Waals surface area contributed by atoms with Gasteiger partial charge >= 0.3 is 0 Å². The summed E-state index contributed by atoms with van der Waals surface area (Å²) in [7, 11) is 0. The normalized spacial score (nSPS) is 20.7. The molecule has 0 radical (unpaired) electrons. The molecule has 0 saturated carbocycles. The van der Waals surface area contributed by atoms with Crippen LogP contribution >= 0.6 is 11.8 Å². The summed E-state index contributed by atoms with van der Waals surface area (Å²) < 4.78 is 21.6. The van der Waals surface area contributed by atoms with Crippen LogP contribution in [0.4, 0.5) is 4.39 Å². The monoisotopic (exact) mass is 467 g/mol. The van der Waals surface area contributed by atoms with Crippen molar-refractivity contribution in [3.8, 4) is 5.75 Å². The molecule has 7 nitrogen and oxygen atoms in total. The fraction of sp³-hybridized carbons (Fsp3) is 0.458. The Hall–Kier alpha value is -2.49. The minimum Gasteiger partial charge on any atom is -0.480 e. The maximum atomic E-state index is 14.3. The maximum absolute atomic E-state index is 14.3. The number of pyridine rings is 3. The summed E-state index contributed by atoms with van der Waals surface area (Å²) in [4.78, 5) is 25.0. The van der Waals surface area contributed by atoms with Gasteiger partial charge in [-0.25, -0.2) is 4.39 Å². The molecule has 0 aromatic carbocycles. The Morgan fingerprint density at radius 2 is 2.06 bits per heavy atom. The average molecular weight is 468 g/mol. The van der Waals surface area contributed by atoms with Gasteiger partial charge in [0.15, 0.2) is 5.75 Å². The summed E-state index contributed by atoms with van der Waals surface area (Å²) in [5.41, 5.74) is 2.98. The first-order valence-electron chi connectivity index (χ1n) is 11.5. The standard InChI is InChI=1S/C24H26FN5O2S/c25-19-11-28-20-3-4-23(31)30-17(1-2-18(19)24(20)30)13-29-7-5-15(6-8-29)26-10-16-9-22-21(12-27-16)32-14-33-22/h3-4,9,11-12,15,17,26H,1-2,5-8,10,13-14H2. The Balaban J connectivity index is 1.09. The van der Waals surface area contributed by atoms with E-state index < -0.39 is 0 Å². The highest BCUT2D eigenvalue weighted by Crippen LogP contribution is 2.35. The highest BCUT2D eigenvalue weighted by atomic mass is 32.2. The lowest BCUT2D eigenvalue weighted by molar-refractivity contribution is 0.167. The van der Waals surface area contributed by atoms with Crippen LogP contribution in [0.5, 0.6) is 5.75 Å². The van der Waals surface area contributed by atoms with Gasteiger partial charge in [0.05, 0.1) is 40.1 Å². The zero-order chi connectivity index (χ0) is 22.4. The average Bonchev–Trinajstić information content (AvgIpc) is 3.31. The number of likely N-dealkylation sites (tertiary alicyclic amines) is 1.